The van der Waals surface area contributed by atoms with Crippen molar-refractivity contribution in [2.45, 2.75) is 12.6 Å². The third-order valence-electron chi connectivity index (χ3n) is 2.79. The molecule has 0 aliphatic rings. The SMILES string of the molecule is Fc1c(-c2ccc(C(F)(F)F)cc2)cccc1C(F)F. The number of rotatable bonds is 2. The van der Waals surface area contributed by atoms with E-state index < -0.39 is 29.5 Å². The minimum absolute atomic E-state index is 0.109. The second-order valence-electron chi connectivity index (χ2n) is 4.08. The van der Waals surface area contributed by atoms with Crippen LogP contribution in [-0.2, 0) is 6.18 Å². The third-order valence-corrected chi connectivity index (χ3v) is 2.79. The summed E-state index contributed by atoms with van der Waals surface area (Å²) in [7, 11) is 0. The molecule has 0 saturated carbocycles. The average Bonchev–Trinajstić information content (AvgIpc) is 2.38. The van der Waals surface area contributed by atoms with Gasteiger partial charge in [0, 0.05) is 5.56 Å². The predicted molar refractivity (Wildman–Crippen MR) is 61.8 cm³/mol. The summed E-state index contributed by atoms with van der Waals surface area (Å²) in [5.41, 5.74) is -1.71. The Kier molecular flexibility index (Phi) is 3.74. The van der Waals surface area contributed by atoms with Crippen molar-refractivity contribution in [1.82, 2.24) is 0 Å². The van der Waals surface area contributed by atoms with Crippen LogP contribution in [0.4, 0.5) is 26.3 Å². The predicted octanol–water partition coefficient (Wildman–Crippen LogP) is 5.45. The first-order valence-corrected chi connectivity index (χ1v) is 5.55. The zero-order valence-electron chi connectivity index (χ0n) is 9.89. The molecular formula is C14H8F6. The highest BCUT2D eigenvalue weighted by Crippen LogP contribution is 2.33. The van der Waals surface area contributed by atoms with Gasteiger partial charge >= 0.3 is 6.18 Å². The van der Waals surface area contributed by atoms with Crippen LogP contribution in [0.1, 0.15) is 17.6 Å². The fraction of sp³-hybridized carbons (Fsp3) is 0.143. The van der Waals surface area contributed by atoms with E-state index in [0.29, 0.717) is 0 Å². The molecule has 0 fully saturated rings. The second kappa shape index (κ2) is 5.19. The van der Waals surface area contributed by atoms with Crippen LogP contribution in [0, 0.1) is 5.82 Å². The molecule has 0 nitrogen and oxygen atoms in total. The Labute approximate surface area is 110 Å². The number of halogens is 6. The van der Waals surface area contributed by atoms with E-state index in [1.807, 2.05) is 0 Å². The van der Waals surface area contributed by atoms with Crippen molar-refractivity contribution < 1.29 is 26.3 Å². The molecular weight excluding hydrogens is 282 g/mol. The van der Waals surface area contributed by atoms with E-state index in [-0.39, 0.29) is 11.1 Å². The Hall–Kier alpha value is -1.98. The van der Waals surface area contributed by atoms with Crippen molar-refractivity contribution in [2.75, 3.05) is 0 Å². The van der Waals surface area contributed by atoms with E-state index in [2.05, 4.69) is 0 Å². The molecule has 0 heterocycles. The Morgan fingerprint density at radius 2 is 1.45 bits per heavy atom. The summed E-state index contributed by atoms with van der Waals surface area (Å²) >= 11 is 0. The van der Waals surface area contributed by atoms with E-state index in [9.17, 15) is 26.3 Å². The third kappa shape index (κ3) is 2.79. The first-order chi connectivity index (χ1) is 9.30. The topological polar surface area (TPSA) is 0 Å². The largest absolute Gasteiger partial charge is 0.416 e. The van der Waals surface area contributed by atoms with Gasteiger partial charge in [0.05, 0.1) is 11.1 Å². The van der Waals surface area contributed by atoms with E-state index >= 15 is 0 Å². The van der Waals surface area contributed by atoms with Gasteiger partial charge in [0.25, 0.3) is 6.43 Å². The zero-order valence-corrected chi connectivity index (χ0v) is 9.89. The molecule has 0 aromatic heterocycles. The average molecular weight is 290 g/mol. The van der Waals surface area contributed by atoms with Gasteiger partial charge in [0.1, 0.15) is 5.82 Å². The molecule has 0 unspecified atom stereocenters. The molecule has 0 radical (unpaired) electrons. The lowest BCUT2D eigenvalue weighted by molar-refractivity contribution is -0.137. The standard InChI is InChI=1S/C14H8F6/c15-12-10(2-1-3-11(12)13(16)17)8-4-6-9(7-5-8)14(18,19)20/h1-7,13H. The van der Waals surface area contributed by atoms with E-state index in [4.69, 9.17) is 0 Å². The molecule has 0 aliphatic carbocycles. The number of benzene rings is 2. The molecule has 0 aliphatic heterocycles. The highest BCUT2D eigenvalue weighted by Gasteiger charge is 2.30. The minimum atomic E-state index is -4.50. The van der Waals surface area contributed by atoms with Crippen LogP contribution in [-0.4, -0.2) is 0 Å². The van der Waals surface area contributed by atoms with Crippen LogP contribution < -0.4 is 0 Å². The summed E-state index contributed by atoms with van der Waals surface area (Å²) in [5, 5.41) is 0. The molecule has 0 N–H and O–H groups in total. The monoisotopic (exact) mass is 290 g/mol. The van der Waals surface area contributed by atoms with Crippen molar-refractivity contribution in [2.24, 2.45) is 0 Å². The molecule has 2 aromatic carbocycles. The van der Waals surface area contributed by atoms with Gasteiger partial charge < -0.3 is 0 Å². The van der Waals surface area contributed by atoms with Gasteiger partial charge in [-0.3, -0.25) is 0 Å². The summed E-state index contributed by atoms with van der Waals surface area (Å²) in [5.74, 6) is -1.12. The number of hydrogen-bond donors (Lipinski definition) is 0. The highest BCUT2D eigenvalue weighted by atomic mass is 19.4. The lowest BCUT2D eigenvalue weighted by Crippen LogP contribution is -2.04. The lowest BCUT2D eigenvalue weighted by Gasteiger charge is -2.10. The maximum atomic E-state index is 13.8. The fourth-order valence-corrected chi connectivity index (χ4v) is 1.78. The van der Waals surface area contributed by atoms with Gasteiger partial charge in [-0.25, -0.2) is 13.2 Å². The molecule has 20 heavy (non-hydrogen) atoms. The van der Waals surface area contributed by atoms with Crippen molar-refractivity contribution >= 4 is 0 Å². The lowest BCUT2D eigenvalue weighted by atomic mass is 10.0. The van der Waals surface area contributed by atoms with Crippen LogP contribution in [0.25, 0.3) is 11.1 Å². The van der Waals surface area contributed by atoms with E-state index in [0.717, 1.165) is 30.3 Å². The maximum Gasteiger partial charge on any atom is 0.416 e. The van der Waals surface area contributed by atoms with Crippen LogP contribution in [0.5, 0.6) is 0 Å². The van der Waals surface area contributed by atoms with Crippen molar-refractivity contribution in [3.8, 4) is 11.1 Å². The van der Waals surface area contributed by atoms with Crippen LogP contribution in [0.15, 0.2) is 42.5 Å². The molecule has 106 valence electrons. The highest BCUT2D eigenvalue weighted by molar-refractivity contribution is 5.65. The van der Waals surface area contributed by atoms with Gasteiger partial charge in [0.2, 0.25) is 0 Å². The number of alkyl halides is 5. The van der Waals surface area contributed by atoms with Crippen molar-refractivity contribution in [3.05, 3.63) is 59.4 Å². The second-order valence-corrected chi connectivity index (χ2v) is 4.08. The Morgan fingerprint density at radius 1 is 0.850 bits per heavy atom. The quantitative estimate of drug-likeness (QED) is 0.645. The Balaban J connectivity index is 2.45. The smallest absolute Gasteiger partial charge is 0.206 e. The first-order valence-electron chi connectivity index (χ1n) is 5.55. The van der Waals surface area contributed by atoms with Gasteiger partial charge in [-0.05, 0) is 17.7 Å². The molecule has 0 amide bonds. The summed E-state index contributed by atoms with van der Waals surface area (Å²) in [6.07, 6.45) is -7.48. The molecule has 0 bridgehead atoms. The Morgan fingerprint density at radius 3 is 1.95 bits per heavy atom. The van der Waals surface area contributed by atoms with E-state index in [1.165, 1.54) is 12.1 Å². The molecule has 2 aromatic rings. The van der Waals surface area contributed by atoms with Crippen LogP contribution >= 0.6 is 0 Å². The molecule has 6 heteroatoms. The minimum Gasteiger partial charge on any atom is -0.206 e. The summed E-state index contributed by atoms with van der Waals surface area (Å²) in [6.45, 7) is 0. The van der Waals surface area contributed by atoms with Crippen LogP contribution in [0.3, 0.4) is 0 Å². The summed E-state index contributed by atoms with van der Waals surface area (Å²) in [6, 6.07) is 7.08. The van der Waals surface area contributed by atoms with Gasteiger partial charge in [0.15, 0.2) is 0 Å². The van der Waals surface area contributed by atoms with Crippen molar-refractivity contribution in [1.29, 1.82) is 0 Å². The van der Waals surface area contributed by atoms with E-state index in [1.54, 1.807) is 0 Å². The zero-order chi connectivity index (χ0) is 14.9. The maximum absolute atomic E-state index is 13.8. The normalized spacial score (nSPS) is 11.9. The van der Waals surface area contributed by atoms with Crippen molar-refractivity contribution in [3.63, 3.8) is 0 Å². The van der Waals surface area contributed by atoms with Crippen LogP contribution in [0.2, 0.25) is 0 Å². The fourth-order valence-electron chi connectivity index (χ4n) is 1.78. The van der Waals surface area contributed by atoms with Gasteiger partial charge in [-0.1, -0.05) is 30.3 Å². The molecule has 0 atom stereocenters. The first kappa shape index (κ1) is 14.4. The molecule has 2 rings (SSSR count). The number of hydrogen-bond acceptors (Lipinski definition) is 0. The Bertz CT molecular complexity index is 598. The summed E-state index contributed by atoms with van der Waals surface area (Å²) < 4.78 is 76.1. The molecule has 0 saturated heterocycles. The van der Waals surface area contributed by atoms with Gasteiger partial charge in [-0.2, -0.15) is 13.2 Å². The van der Waals surface area contributed by atoms with Gasteiger partial charge in [-0.15, -0.1) is 0 Å². The summed E-state index contributed by atoms with van der Waals surface area (Å²) in [4.78, 5) is 0. The molecule has 0 spiro atoms.